The second-order valence-corrected chi connectivity index (χ2v) is 7.62. The molecule has 0 radical (unpaired) electrons. The summed E-state index contributed by atoms with van der Waals surface area (Å²) in [4.78, 5) is 19.8. The highest BCUT2D eigenvalue weighted by atomic mass is 127. The minimum atomic E-state index is 0. The van der Waals surface area contributed by atoms with Gasteiger partial charge in [-0.2, -0.15) is 0 Å². The smallest absolute Gasteiger partial charge is 0.253 e. The Morgan fingerprint density at radius 2 is 1.67 bits per heavy atom. The summed E-state index contributed by atoms with van der Waals surface area (Å²) in [5.74, 6) is 0.829. The molecule has 0 saturated heterocycles. The van der Waals surface area contributed by atoms with Gasteiger partial charge in [0.1, 0.15) is 0 Å². The van der Waals surface area contributed by atoms with Crippen LogP contribution in [0.2, 0.25) is 0 Å². The normalized spacial score (nSPS) is 10.9. The first-order valence-corrected chi connectivity index (χ1v) is 11.2. The van der Waals surface area contributed by atoms with Crippen molar-refractivity contribution in [2.45, 2.75) is 38.8 Å². The van der Waals surface area contributed by atoms with Gasteiger partial charge in [0.25, 0.3) is 5.91 Å². The lowest BCUT2D eigenvalue weighted by Gasteiger charge is -2.18. The van der Waals surface area contributed by atoms with Crippen LogP contribution in [0.5, 0.6) is 0 Å². The fraction of sp³-hybridized carbons (Fsp3) is 0.391. The summed E-state index contributed by atoms with van der Waals surface area (Å²) >= 11 is 1.76. The van der Waals surface area contributed by atoms with Crippen molar-refractivity contribution >= 4 is 47.6 Å². The summed E-state index contributed by atoms with van der Waals surface area (Å²) in [5, 5.41) is 6.71. The summed E-state index contributed by atoms with van der Waals surface area (Å²) in [6.07, 6.45) is 2.10. The predicted molar refractivity (Wildman–Crippen MR) is 139 cm³/mol. The van der Waals surface area contributed by atoms with Crippen LogP contribution >= 0.6 is 35.7 Å². The average Bonchev–Trinajstić information content (AvgIpc) is 2.75. The van der Waals surface area contributed by atoms with Gasteiger partial charge in [0.05, 0.1) is 0 Å². The maximum absolute atomic E-state index is 12.4. The van der Waals surface area contributed by atoms with Crippen LogP contribution in [0, 0.1) is 6.92 Å². The number of amides is 1. The molecule has 0 aliphatic rings. The molecule has 0 spiro atoms. The van der Waals surface area contributed by atoms with Crippen molar-refractivity contribution in [3.05, 3.63) is 64.7 Å². The standard InChI is InChI=1S/C23H32N4OS.HI/c1-6-27(7-2)22(28)19-12-9-18(10-13-19)15-25-23(24-4)26-16-20-11-8-17(3)14-21(20)29-5;/h8-14H,6-7,15-16H2,1-5H3,(H2,24,25,26);1H. The van der Waals surface area contributed by atoms with Crippen LogP contribution in [-0.4, -0.2) is 43.2 Å². The van der Waals surface area contributed by atoms with Gasteiger partial charge in [-0.25, -0.2) is 0 Å². The first kappa shape index (κ1) is 26.3. The molecule has 164 valence electrons. The Morgan fingerprint density at radius 3 is 2.23 bits per heavy atom. The van der Waals surface area contributed by atoms with E-state index in [1.54, 1.807) is 18.8 Å². The molecule has 2 rings (SSSR count). The van der Waals surface area contributed by atoms with Crippen molar-refractivity contribution in [1.29, 1.82) is 0 Å². The highest BCUT2D eigenvalue weighted by Gasteiger charge is 2.12. The summed E-state index contributed by atoms with van der Waals surface area (Å²) in [6, 6.07) is 14.3. The number of nitrogens with zero attached hydrogens (tertiary/aromatic N) is 2. The first-order valence-electron chi connectivity index (χ1n) is 9.98. The van der Waals surface area contributed by atoms with Gasteiger partial charge in [-0.05, 0) is 61.9 Å². The predicted octanol–water partition coefficient (Wildman–Crippen LogP) is 4.68. The number of guanidine groups is 1. The Kier molecular flexibility index (Phi) is 11.9. The second-order valence-electron chi connectivity index (χ2n) is 6.77. The molecule has 0 aliphatic carbocycles. The molecule has 0 unspecified atom stereocenters. The molecule has 0 atom stereocenters. The summed E-state index contributed by atoms with van der Waals surface area (Å²) in [6.45, 7) is 8.91. The van der Waals surface area contributed by atoms with Gasteiger partial charge in [-0.3, -0.25) is 9.79 Å². The van der Waals surface area contributed by atoms with E-state index in [0.29, 0.717) is 13.1 Å². The fourth-order valence-corrected chi connectivity index (χ4v) is 3.75. The monoisotopic (exact) mass is 540 g/mol. The zero-order valence-electron chi connectivity index (χ0n) is 18.5. The molecule has 0 aromatic heterocycles. The van der Waals surface area contributed by atoms with Crippen molar-refractivity contribution < 1.29 is 4.79 Å². The van der Waals surface area contributed by atoms with Crippen LogP contribution in [0.4, 0.5) is 0 Å². The molecule has 5 nitrogen and oxygen atoms in total. The Bertz CT molecular complexity index is 836. The number of hydrogen-bond donors (Lipinski definition) is 2. The number of aliphatic imine (C=N–C) groups is 1. The van der Waals surface area contributed by atoms with Crippen molar-refractivity contribution in [3.63, 3.8) is 0 Å². The lowest BCUT2D eigenvalue weighted by Crippen LogP contribution is -2.36. The minimum absolute atomic E-state index is 0. The molecule has 30 heavy (non-hydrogen) atoms. The molecule has 1 amide bonds. The van der Waals surface area contributed by atoms with E-state index >= 15 is 0 Å². The number of thioether (sulfide) groups is 1. The van der Waals surface area contributed by atoms with E-state index < -0.39 is 0 Å². The third-order valence-corrected chi connectivity index (χ3v) is 5.64. The van der Waals surface area contributed by atoms with Gasteiger partial charge in [0, 0.05) is 43.7 Å². The number of carbonyl (C=O) groups excluding carboxylic acids is 1. The molecule has 0 aliphatic heterocycles. The Labute approximate surface area is 202 Å². The molecule has 2 N–H and O–H groups in total. The van der Waals surface area contributed by atoms with Gasteiger partial charge in [-0.15, -0.1) is 35.7 Å². The van der Waals surface area contributed by atoms with Gasteiger partial charge >= 0.3 is 0 Å². The van der Waals surface area contributed by atoms with Crippen LogP contribution in [-0.2, 0) is 13.1 Å². The lowest BCUT2D eigenvalue weighted by atomic mass is 10.1. The van der Waals surface area contributed by atoms with E-state index in [0.717, 1.165) is 30.2 Å². The molecule has 7 heteroatoms. The van der Waals surface area contributed by atoms with Crippen LogP contribution in [0.3, 0.4) is 0 Å². The second kappa shape index (κ2) is 13.5. The highest BCUT2D eigenvalue weighted by molar-refractivity contribution is 14.0. The number of halogens is 1. The van der Waals surface area contributed by atoms with Crippen LogP contribution in [0.15, 0.2) is 52.4 Å². The van der Waals surface area contributed by atoms with Crippen LogP contribution in [0.1, 0.15) is 40.9 Å². The molecular formula is C23H33IN4OS. The van der Waals surface area contributed by atoms with E-state index in [-0.39, 0.29) is 29.9 Å². The van der Waals surface area contributed by atoms with E-state index in [9.17, 15) is 4.79 Å². The molecule has 0 fully saturated rings. The number of carbonyl (C=O) groups is 1. The molecule has 2 aromatic rings. The highest BCUT2D eigenvalue weighted by Crippen LogP contribution is 2.21. The van der Waals surface area contributed by atoms with E-state index in [1.165, 1.54) is 16.0 Å². The van der Waals surface area contributed by atoms with Crippen molar-refractivity contribution in [2.75, 3.05) is 26.4 Å². The Morgan fingerprint density at radius 1 is 1.03 bits per heavy atom. The number of hydrogen-bond acceptors (Lipinski definition) is 3. The maximum atomic E-state index is 12.4. The topological polar surface area (TPSA) is 56.7 Å². The van der Waals surface area contributed by atoms with Crippen LogP contribution < -0.4 is 10.6 Å². The van der Waals surface area contributed by atoms with Gasteiger partial charge < -0.3 is 15.5 Å². The average molecular weight is 541 g/mol. The van der Waals surface area contributed by atoms with E-state index in [1.807, 2.05) is 43.0 Å². The quantitative estimate of drug-likeness (QED) is 0.221. The van der Waals surface area contributed by atoms with Crippen molar-refractivity contribution in [2.24, 2.45) is 4.99 Å². The largest absolute Gasteiger partial charge is 0.352 e. The number of rotatable bonds is 8. The van der Waals surface area contributed by atoms with Crippen molar-refractivity contribution in [1.82, 2.24) is 15.5 Å². The SMILES string of the molecule is CCN(CC)C(=O)c1ccc(CNC(=NC)NCc2ccc(C)cc2SC)cc1.I. The van der Waals surface area contributed by atoms with E-state index in [2.05, 4.69) is 47.0 Å². The van der Waals surface area contributed by atoms with Crippen LogP contribution in [0.25, 0.3) is 0 Å². The van der Waals surface area contributed by atoms with Gasteiger partial charge in [0.2, 0.25) is 0 Å². The fourth-order valence-electron chi connectivity index (χ4n) is 3.04. The third-order valence-electron chi connectivity index (χ3n) is 4.82. The van der Waals surface area contributed by atoms with Crippen molar-refractivity contribution in [3.8, 4) is 0 Å². The molecule has 0 bridgehead atoms. The zero-order chi connectivity index (χ0) is 21.2. The van der Waals surface area contributed by atoms with E-state index in [4.69, 9.17) is 0 Å². The first-order chi connectivity index (χ1) is 14.0. The molecule has 2 aromatic carbocycles. The summed E-state index contributed by atoms with van der Waals surface area (Å²) < 4.78 is 0. The number of aryl methyl sites for hydroxylation is 1. The minimum Gasteiger partial charge on any atom is -0.352 e. The number of nitrogens with one attached hydrogen (secondary N) is 2. The molecular weight excluding hydrogens is 507 g/mol. The van der Waals surface area contributed by atoms with Gasteiger partial charge in [0.15, 0.2) is 5.96 Å². The molecule has 0 saturated carbocycles. The zero-order valence-corrected chi connectivity index (χ0v) is 21.6. The Hall–Kier alpha value is -1.74. The summed E-state index contributed by atoms with van der Waals surface area (Å²) in [7, 11) is 1.77. The third kappa shape index (κ3) is 7.50. The maximum Gasteiger partial charge on any atom is 0.253 e. The lowest BCUT2D eigenvalue weighted by molar-refractivity contribution is 0.0773. The Balaban J connectivity index is 0.00000450. The molecule has 0 heterocycles. The number of benzene rings is 2. The van der Waals surface area contributed by atoms with Gasteiger partial charge in [-0.1, -0.05) is 24.3 Å². The summed E-state index contributed by atoms with van der Waals surface area (Å²) in [5.41, 5.74) is 4.35.